The van der Waals surface area contributed by atoms with E-state index in [1.165, 1.54) is 12.1 Å². The Morgan fingerprint density at radius 3 is 2.69 bits per heavy atom. The van der Waals surface area contributed by atoms with Crippen LogP contribution in [0.5, 0.6) is 0 Å². The molecular weight excluding hydrogens is 331 g/mol. The Labute approximate surface area is 150 Å². The van der Waals surface area contributed by atoms with Crippen molar-refractivity contribution in [3.8, 4) is 0 Å². The van der Waals surface area contributed by atoms with Crippen LogP contribution >= 0.6 is 0 Å². The van der Waals surface area contributed by atoms with Crippen LogP contribution in [-0.2, 0) is 5.60 Å². The van der Waals surface area contributed by atoms with Crippen LogP contribution in [0.25, 0.3) is 10.9 Å². The average Bonchev–Trinajstić information content (AvgIpc) is 3.04. The fourth-order valence-corrected chi connectivity index (χ4v) is 3.62. The fourth-order valence-electron chi connectivity index (χ4n) is 3.62. The lowest BCUT2D eigenvalue weighted by Crippen LogP contribution is -2.34. The lowest BCUT2D eigenvalue weighted by molar-refractivity contribution is 0.0417. The molecular formula is C21H19FN2O2. The number of nitrogens with zero attached hydrogens (tertiary/aromatic N) is 2. The van der Waals surface area contributed by atoms with E-state index in [9.17, 15) is 14.3 Å². The van der Waals surface area contributed by atoms with Crippen molar-refractivity contribution in [3.63, 3.8) is 0 Å². The smallest absolute Gasteiger partial charge is 0.254 e. The monoisotopic (exact) mass is 350 g/mol. The minimum absolute atomic E-state index is 0.121. The number of carbonyl (C=O) groups is 1. The largest absolute Gasteiger partial charge is 0.383 e. The van der Waals surface area contributed by atoms with E-state index in [0.717, 1.165) is 16.6 Å². The summed E-state index contributed by atoms with van der Waals surface area (Å²) in [6.45, 7) is 2.50. The van der Waals surface area contributed by atoms with E-state index in [2.05, 4.69) is 4.98 Å². The molecule has 0 bridgehead atoms. The van der Waals surface area contributed by atoms with Gasteiger partial charge in [-0.25, -0.2) is 4.39 Å². The topological polar surface area (TPSA) is 53.4 Å². The number of carbonyl (C=O) groups excluding carboxylic acids is 1. The number of β-amino-alcohol motifs (C(OH)–C–C–N with tert-alkyl or cyclic N) is 1. The molecule has 1 atom stereocenters. The summed E-state index contributed by atoms with van der Waals surface area (Å²) in [6, 6.07) is 15.2. The standard InChI is InChI=1S/C21H19FN2O2/c1-14-12-18(17-4-2-3-5-19(17)23-14)20(25)24-11-10-21(26,13-24)15-6-8-16(22)9-7-15/h2-9,12,26H,10-11,13H2,1H3. The van der Waals surface area contributed by atoms with Gasteiger partial charge in [0.2, 0.25) is 0 Å². The molecule has 1 aliphatic rings. The van der Waals surface area contributed by atoms with E-state index in [1.54, 1.807) is 23.1 Å². The van der Waals surface area contributed by atoms with E-state index in [-0.39, 0.29) is 18.3 Å². The third-order valence-corrected chi connectivity index (χ3v) is 4.99. The van der Waals surface area contributed by atoms with E-state index < -0.39 is 5.60 Å². The van der Waals surface area contributed by atoms with E-state index in [4.69, 9.17) is 0 Å². The molecule has 1 saturated heterocycles. The first kappa shape index (κ1) is 16.7. The fraction of sp³-hybridized carbons (Fsp3) is 0.238. The van der Waals surface area contributed by atoms with Crippen molar-refractivity contribution >= 4 is 16.8 Å². The Bertz CT molecular complexity index is 987. The van der Waals surface area contributed by atoms with E-state index in [1.807, 2.05) is 31.2 Å². The van der Waals surface area contributed by atoms with Gasteiger partial charge in [-0.05, 0) is 43.2 Å². The molecule has 1 aromatic heterocycles. The number of para-hydroxylation sites is 1. The Kier molecular flexibility index (Phi) is 3.96. The molecule has 3 aromatic rings. The summed E-state index contributed by atoms with van der Waals surface area (Å²) in [6.07, 6.45) is 0.423. The van der Waals surface area contributed by atoms with Crippen molar-refractivity contribution in [3.05, 3.63) is 77.2 Å². The number of benzene rings is 2. The van der Waals surface area contributed by atoms with Gasteiger partial charge in [-0.15, -0.1) is 0 Å². The molecule has 2 aromatic carbocycles. The maximum atomic E-state index is 13.2. The Hall–Kier alpha value is -2.79. The Morgan fingerprint density at radius 2 is 1.92 bits per heavy atom. The number of amides is 1. The summed E-state index contributed by atoms with van der Waals surface area (Å²) in [5.41, 5.74) is 1.63. The van der Waals surface area contributed by atoms with Crippen LogP contribution in [0.2, 0.25) is 0 Å². The molecule has 4 nitrogen and oxygen atoms in total. The van der Waals surface area contributed by atoms with Crippen LogP contribution in [0.4, 0.5) is 4.39 Å². The minimum atomic E-state index is -1.15. The number of likely N-dealkylation sites (tertiary alicyclic amines) is 1. The van der Waals surface area contributed by atoms with Gasteiger partial charge in [0.15, 0.2) is 0 Å². The van der Waals surface area contributed by atoms with E-state index >= 15 is 0 Å². The lowest BCUT2D eigenvalue weighted by atomic mass is 9.93. The molecule has 1 fully saturated rings. The second-order valence-corrected chi connectivity index (χ2v) is 6.84. The normalized spacial score (nSPS) is 19.9. The molecule has 1 aliphatic heterocycles. The van der Waals surface area contributed by atoms with Gasteiger partial charge in [-0.1, -0.05) is 30.3 Å². The summed E-state index contributed by atoms with van der Waals surface area (Å²) in [7, 11) is 0. The molecule has 26 heavy (non-hydrogen) atoms. The highest BCUT2D eigenvalue weighted by Crippen LogP contribution is 2.33. The second-order valence-electron chi connectivity index (χ2n) is 6.84. The highest BCUT2D eigenvalue weighted by atomic mass is 19.1. The van der Waals surface area contributed by atoms with Crippen LogP contribution in [0.3, 0.4) is 0 Å². The first-order chi connectivity index (χ1) is 12.5. The zero-order valence-electron chi connectivity index (χ0n) is 14.4. The molecule has 1 amide bonds. The van der Waals surface area contributed by atoms with Gasteiger partial charge in [-0.3, -0.25) is 9.78 Å². The number of pyridine rings is 1. The molecule has 0 radical (unpaired) electrons. The molecule has 2 heterocycles. The minimum Gasteiger partial charge on any atom is -0.383 e. The van der Waals surface area contributed by atoms with Crippen LogP contribution in [0.1, 0.15) is 28.0 Å². The highest BCUT2D eigenvalue weighted by Gasteiger charge is 2.40. The third-order valence-electron chi connectivity index (χ3n) is 4.99. The molecule has 1 unspecified atom stereocenters. The van der Waals surface area contributed by atoms with E-state index in [0.29, 0.717) is 24.1 Å². The SMILES string of the molecule is Cc1cc(C(=O)N2CCC(O)(c3ccc(F)cc3)C2)c2ccccc2n1. The maximum Gasteiger partial charge on any atom is 0.254 e. The molecule has 0 spiro atoms. The first-order valence-corrected chi connectivity index (χ1v) is 8.60. The van der Waals surface area contributed by atoms with Crippen molar-refractivity contribution < 1.29 is 14.3 Å². The lowest BCUT2D eigenvalue weighted by Gasteiger charge is -2.24. The van der Waals surface area contributed by atoms with Gasteiger partial charge < -0.3 is 10.0 Å². The number of aryl methyl sites for hydroxylation is 1. The van der Waals surface area contributed by atoms with Crippen molar-refractivity contribution in [1.29, 1.82) is 0 Å². The quantitative estimate of drug-likeness (QED) is 0.770. The average molecular weight is 350 g/mol. The van der Waals surface area contributed by atoms with Crippen molar-refractivity contribution in [2.45, 2.75) is 18.9 Å². The van der Waals surface area contributed by atoms with Crippen LogP contribution in [0, 0.1) is 12.7 Å². The van der Waals surface area contributed by atoms with Gasteiger partial charge in [-0.2, -0.15) is 0 Å². The zero-order valence-corrected chi connectivity index (χ0v) is 14.4. The molecule has 5 heteroatoms. The molecule has 4 rings (SSSR count). The summed E-state index contributed by atoms with van der Waals surface area (Å²) < 4.78 is 13.2. The number of aliphatic hydroxyl groups is 1. The molecule has 0 saturated carbocycles. The van der Waals surface area contributed by atoms with Gasteiger partial charge >= 0.3 is 0 Å². The molecule has 0 aliphatic carbocycles. The summed E-state index contributed by atoms with van der Waals surface area (Å²) >= 11 is 0. The van der Waals surface area contributed by atoms with Gasteiger partial charge in [0, 0.05) is 17.6 Å². The first-order valence-electron chi connectivity index (χ1n) is 8.60. The highest BCUT2D eigenvalue weighted by molar-refractivity contribution is 6.06. The van der Waals surface area contributed by atoms with Crippen LogP contribution in [0.15, 0.2) is 54.6 Å². The Balaban J connectivity index is 1.65. The summed E-state index contributed by atoms with van der Waals surface area (Å²) in [5.74, 6) is -0.466. The number of fused-ring (bicyclic) bond motifs is 1. The predicted molar refractivity (Wildman–Crippen MR) is 97.3 cm³/mol. The number of halogens is 1. The maximum absolute atomic E-state index is 13.2. The van der Waals surface area contributed by atoms with Crippen molar-refractivity contribution in [2.75, 3.05) is 13.1 Å². The van der Waals surface area contributed by atoms with Crippen molar-refractivity contribution in [1.82, 2.24) is 9.88 Å². The van der Waals surface area contributed by atoms with Crippen LogP contribution < -0.4 is 0 Å². The number of rotatable bonds is 2. The summed E-state index contributed by atoms with van der Waals surface area (Å²) in [5, 5.41) is 11.8. The number of hydrogen-bond acceptors (Lipinski definition) is 3. The number of hydrogen-bond donors (Lipinski definition) is 1. The zero-order chi connectivity index (χ0) is 18.3. The second kappa shape index (κ2) is 6.18. The number of aromatic nitrogens is 1. The van der Waals surface area contributed by atoms with Gasteiger partial charge in [0.25, 0.3) is 5.91 Å². The van der Waals surface area contributed by atoms with Crippen LogP contribution in [-0.4, -0.2) is 34.0 Å². The predicted octanol–water partition coefficient (Wildman–Crippen LogP) is 3.42. The van der Waals surface area contributed by atoms with Gasteiger partial charge in [0.05, 0.1) is 17.6 Å². The summed E-state index contributed by atoms with van der Waals surface area (Å²) in [4.78, 5) is 19.2. The third kappa shape index (κ3) is 2.84. The van der Waals surface area contributed by atoms with Gasteiger partial charge in [0.1, 0.15) is 11.4 Å². The molecule has 132 valence electrons. The molecule has 1 N–H and O–H groups in total. The van der Waals surface area contributed by atoms with Crippen molar-refractivity contribution in [2.24, 2.45) is 0 Å². The Morgan fingerprint density at radius 1 is 1.19 bits per heavy atom.